The second-order valence-corrected chi connectivity index (χ2v) is 10.3. The van der Waals surface area contributed by atoms with Gasteiger partial charge in [-0.15, -0.1) is 23.1 Å². The summed E-state index contributed by atoms with van der Waals surface area (Å²) in [7, 11) is 0. The average molecular weight is 429 g/mol. The van der Waals surface area contributed by atoms with Crippen LogP contribution >= 0.6 is 23.1 Å². The van der Waals surface area contributed by atoms with Crippen molar-refractivity contribution in [1.82, 2.24) is 10.6 Å². The lowest BCUT2D eigenvalue weighted by Crippen LogP contribution is -2.40. The highest BCUT2D eigenvalue weighted by Gasteiger charge is 2.42. The topological polar surface area (TPSA) is 58.2 Å². The van der Waals surface area contributed by atoms with Crippen molar-refractivity contribution in [3.63, 3.8) is 0 Å². The molecule has 6 heteroatoms. The predicted molar refractivity (Wildman–Crippen MR) is 119 cm³/mol. The van der Waals surface area contributed by atoms with Gasteiger partial charge in [-0.1, -0.05) is 24.6 Å². The molecule has 1 aromatic heterocycles. The molecule has 1 aromatic carbocycles. The van der Waals surface area contributed by atoms with Gasteiger partial charge in [-0.3, -0.25) is 9.59 Å². The van der Waals surface area contributed by atoms with Crippen LogP contribution in [0.4, 0.5) is 0 Å². The number of amides is 2. The summed E-state index contributed by atoms with van der Waals surface area (Å²) < 4.78 is 0. The summed E-state index contributed by atoms with van der Waals surface area (Å²) in [5, 5.41) is 8.18. The first-order chi connectivity index (χ1) is 14.1. The Morgan fingerprint density at radius 1 is 1.17 bits per heavy atom. The van der Waals surface area contributed by atoms with Gasteiger partial charge in [0.1, 0.15) is 0 Å². The van der Waals surface area contributed by atoms with Gasteiger partial charge in [0.2, 0.25) is 5.91 Å². The third-order valence-corrected chi connectivity index (χ3v) is 8.27. The number of thiophene rings is 1. The highest BCUT2D eigenvalue weighted by Crippen LogP contribution is 2.49. The molecule has 0 aliphatic heterocycles. The molecule has 2 aliphatic carbocycles. The van der Waals surface area contributed by atoms with Crippen LogP contribution in [0, 0.1) is 17.8 Å². The summed E-state index contributed by atoms with van der Waals surface area (Å²) in [4.78, 5) is 27.1. The van der Waals surface area contributed by atoms with Gasteiger partial charge in [-0.25, -0.2) is 0 Å². The SMILES string of the molecule is CC(NC(=O)CSc1ccccc1C(=O)NCc1cccs1)C1CC2CCC1C2. The van der Waals surface area contributed by atoms with Gasteiger partial charge in [-0.2, -0.15) is 0 Å². The Labute approximate surface area is 180 Å². The molecule has 0 radical (unpaired) electrons. The van der Waals surface area contributed by atoms with E-state index in [9.17, 15) is 9.59 Å². The number of carbonyl (C=O) groups is 2. The van der Waals surface area contributed by atoms with E-state index in [0.29, 0.717) is 23.8 Å². The fourth-order valence-corrected chi connectivity index (χ4v) is 6.41. The molecule has 29 heavy (non-hydrogen) atoms. The van der Waals surface area contributed by atoms with Gasteiger partial charge in [0.25, 0.3) is 5.91 Å². The number of fused-ring (bicyclic) bond motifs is 2. The lowest BCUT2D eigenvalue weighted by Gasteiger charge is -2.28. The highest BCUT2D eigenvalue weighted by molar-refractivity contribution is 8.00. The van der Waals surface area contributed by atoms with Gasteiger partial charge in [0, 0.05) is 15.8 Å². The van der Waals surface area contributed by atoms with Gasteiger partial charge in [0.15, 0.2) is 0 Å². The first kappa shape index (κ1) is 20.5. The van der Waals surface area contributed by atoms with Gasteiger partial charge in [-0.05, 0) is 67.5 Å². The monoisotopic (exact) mass is 428 g/mol. The Balaban J connectivity index is 1.29. The van der Waals surface area contributed by atoms with Crippen molar-refractivity contribution in [2.45, 2.75) is 50.1 Å². The minimum atomic E-state index is -0.0998. The van der Waals surface area contributed by atoms with Crippen LogP contribution in [0.5, 0.6) is 0 Å². The Hall–Kier alpha value is -1.79. The molecule has 2 fully saturated rings. The van der Waals surface area contributed by atoms with Crippen molar-refractivity contribution in [3.8, 4) is 0 Å². The number of carbonyl (C=O) groups excluding carboxylic acids is 2. The Kier molecular flexibility index (Phi) is 6.60. The molecular formula is C23H28N2O2S2. The highest BCUT2D eigenvalue weighted by atomic mass is 32.2. The van der Waals surface area contributed by atoms with Crippen molar-refractivity contribution >= 4 is 34.9 Å². The number of hydrogen-bond acceptors (Lipinski definition) is 4. The number of rotatable bonds is 8. The van der Waals surface area contributed by atoms with Crippen LogP contribution in [0.1, 0.15) is 47.8 Å². The molecule has 0 saturated heterocycles. The number of benzene rings is 1. The molecule has 4 rings (SSSR count). The molecule has 4 nitrogen and oxygen atoms in total. The minimum Gasteiger partial charge on any atom is -0.353 e. The molecule has 2 amide bonds. The zero-order valence-electron chi connectivity index (χ0n) is 16.7. The van der Waals surface area contributed by atoms with E-state index in [0.717, 1.165) is 21.6 Å². The van der Waals surface area contributed by atoms with Gasteiger partial charge < -0.3 is 10.6 Å². The first-order valence-electron chi connectivity index (χ1n) is 10.4. The third-order valence-electron chi connectivity index (χ3n) is 6.32. The van der Waals surface area contributed by atoms with Crippen LogP contribution in [0.25, 0.3) is 0 Å². The van der Waals surface area contributed by atoms with E-state index >= 15 is 0 Å². The zero-order chi connectivity index (χ0) is 20.2. The first-order valence-corrected chi connectivity index (χ1v) is 12.3. The Bertz CT molecular complexity index is 852. The molecule has 4 unspecified atom stereocenters. The van der Waals surface area contributed by atoms with Crippen LogP contribution in [-0.2, 0) is 11.3 Å². The average Bonchev–Trinajstić information content (AvgIpc) is 3.49. The third kappa shape index (κ3) is 5.04. The van der Waals surface area contributed by atoms with Crippen molar-refractivity contribution in [3.05, 3.63) is 52.2 Å². The number of hydrogen-bond donors (Lipinski definition) is 2. The lowest BCUT2D eigenvalue weighted by molar-refractivity contribution is -0.119. The summed E-state index contributed by atoms with van der Waals surface area (Å²) in [6, 6.07) is 11.7. The van der Waals surface area contributed by atoms with E-state index in [1.165, 1.54) is 37.4 Å². The van der Waals surface area contributed by atoms with Gasteiger partial charge >= 0.3 is 0 Å². The maximum Gasteiger partial charge on any atom is 0.252 e. The van der Waals surface area contributed by atoms with E-state index < -0.39 is 0 Å². The van der Waals surface area contributed by atoms with E-state index in [4.69, 9.17) is 0 Å². The molecule has 2 saturated carbocycles. The van der Waals surface area contributed by atoms with Crippen LogP contribution in [0.3, 0.4) is 0 Å². The molecule has 2 aliphatic rings. The van der Waals surface area contributed by atoms with Crippen LogP contribution in [0.15, 0.2) is 46.7 Å². The number of nitrogens with one attached hydrogen (secondary N) is 2. The standard InChI is InChI=1S/C23H28N2O2S2/c1-15(20-12-16-8-9-17(20)11-16)25-22(26)14-29-21-7-3-2-6-19(21)23(27)24-13-18-5-4-10-28-18/h2-7,10,15-17,20H,8-9,11-14H2,1H3,(H,24,27)(H,25,26). The van der Waals surface area contributed by atoms with Crippen molar-refractivity contribution in [2.75, 3.05) is 5.75 Å². The molecule has 2 aromatic rings. The lowest BCUT2D eigenvalue weighted by atomic mass is 9.84. The molecule has 1 heterocycles. The van der Waals surface area contributed by atoms with E-state index in [1.54, 1.807) is 11.3 Å². The molecule has 0 spiro atoms. The maximum atomic E-state index is 12.6. The molecule has 2 N–H and O–H groups in total. The summed E-state index contributed by atoms with van der Waals surface area (Å²) in [5.74, 6) is 2.61. The van der Waals surface area contributed by atoms with E-state index in [1.807, 2.05) is 41.8 Å². The van der Waals surface area contributed by atoms with Crippen LogP contribution in [-0.4, -0.2) is 23.6 Å². The smallest absolute Gasteiger partial charge is 0.252 e. The molecule has 2 bridgehead atoms. The number of thioether (sulfide) groups is 1. The second-order valence-electron chi connectivity index (χ2n) is 8.24. The maximum absolute atomic E-state index is 12.6. The van der Waals surface area contributed by atoms with Crippen LogP contribution in [0.2, 0.25) is 0 Å². The van der Waals surface area contributed by atoms with Crippen molar-refractivity contribution in [1.29, 1.82) is 0 Å². The molecular weight excluding hydrogens is 400 g/mol. The zero-order valence-corrected chi connectivity index (χ0v) is 18.4. The largest absolute Gasteiger partial charge is 0.353 e. The van der Waals surface area contributed by atoms with Crippen molar-refractivity contribution in [2.24, 2.45) is 17.8 Å². The molecule has 154 valence electrons. The predicted octanol–water partition coefficient (Wildman–Crippen LogP) is 4.71. The van der Waals surface area contributed by atoms with Crippen molar-refractivity contribution < 1.29 is 9.59 Å². The Morgan fingerprint density at radius 2 is 2.03 bits per heavy atom. The quantitative estimate of drug-likeness (QED) is 0.599. The van der Waals surface area contributed by atoms with Gasteiger partial charge in [0.05, 0.1) is 17.9 Å². The van der Waals surface area contributed by atoms with E-state index in [-0.39, 0.29) is 17.9 Å². The fraction of sp³-hybridized carbons (Fsp3) is 0.478. The Morgan fingerprint density at radius 3 is 2.76 bits per heavy atom. The van der Waals surface area contributed by atoms with E-state index in [2.05, 4.69) is 17.6 Å². The minimum absolute atomic E-state index is 0.0547. The van der Waals surface area contributed by atoms with Crippen LogP contribution < -0.4 is 10.6 Å². The summed E-state index contributed by atoms with van der Waals surface area (Å²) in [5.41, 5.74) is 0.628. The summed E-state index contributed by atoms with van der Waals surface area (Å²) in [6.07, 6.45) is 5.33. The fourth-order valence-electron chi connectivity index (χ4n) is 4.91. The summed E-state index contributed by atoms with van der Waals surface area (Å²) in [6.45, 7) is 2.68. The second kappa shape index (κ2) is 9.35. The summed E-state index contributed by atoms with van der Waals surface area (Å²) >= 11 is 3.06. The normalized spacial score (nSPS) is 23.7. The molecule has 4 atom stereocenters.